The third-order valence-corrected chi connectivity index (χ3v) is 5.58. The Balaban J connectivity index is 1.51. The number of nitriles is 1. The van der Waals surface area contributed by atoms with Gasteiger partial charge in [0, 0.05) is 22.8 Å². The monoisotopic (exact) mass is 465 g/mol. The number of amides is 1. The predicted molar refractivity (Wildman–Crippen MR) is 135 cm³/mol. The molecule has 0 unspecified atom stereocenters. The fourth-order valence-electron chi connectivity index (χ4n) is 3.79. The van der Waals surface area contributed by atoms with E-state index in [1.165, 1.54) is 12.1 Å². The molecule has 0 radical (unpaired) electrons. The van der Waals surface area contributed by atoms with Gasteiger partial charge in [0.15, 0.2) is 0 Å². The van der Waals surface area contributed by atoms with Gasteiger partial charge >= 0.3 is 0 Å². The van der Waals surface area contributed by atoms with Crippen LogP contribution in [-0.4, -0.2) is 10.5 Å². The number of para-hydroxylation sites is 1. The summed E-state index contributed by atoms with van der Waals surface area (Å²) in [5.74, 6) is -0.0281. The number of carbonyl (C=O) groups excluding carboxylic acids is 1. The van der Waals surface area contributed by atoms with Crippen molar-refractivity contribution < 1.29 is 13.9 Å². The molecule has 0 bridgehead atoms. The molecule has 0 aliphatic carbocycles. The van der Waals surface area contributed by atoms with E-state index >= 15 is 0 Å². The van der Waals surface area contributed by atoms with E-state index in [0.29, 0.717) is 18.0 Å². The number of carbonyl (C=O) groups is 1. The summed E-state index contributed by atoms with van der Waals surface area (Å²) in [4.78, 5) is 12.6. The van der Waals surface area contributed by atoms with E-state index in [1.54, 1.807) is 30.3 Å². The summed E-state index contributed by atoms with van der Waals surface area (Å²) in [5.41, 5.74) is 5.13. The zero-order valence-corrected chi connectivity index (χ0v) is 19.5. The molecule has 1 heterocycles. The molecular weight excluding hydrogens is 441 g/mol. The van der Waals surface area contributed by atoms with Crippen molar-refractivity contribution in [2.24, 2.45) is 0 Å². The first-order valence-electron chi connectivity index (χ1n) is 11.1. The molecule has 1 amide bonds. The maximum Gasteiger partial charge on any atom is 0.266 e. The van der Waals surface area contributed by atoms with Gasteiger partial charge in [-0.2, -0.15) is 5.26 Å². The summed E-state index contributed by atoms with van der Waals surface area (Å²) in [6.45, 7) is 4.26. The highest BCUT2D eigenvalue weighted by molar-refractivity contribution is 6.09. The lowest BCUT2D eigenvalue weighted by atomic mass is 10.1. The molecule has 35 heavy (non-hydrogen) atoms. The summed E-state index contributed by atoms with van der Waals surface area (Å²) in [6, 6.07) is 26.8. The maximum atomic E-state index is 13.1. The number of hydrogen-bond donors (Lipinski definition) is 1. The number of benzene rings is 3. The fourth-order valence-corrected chi connectivity index (χ4v) is 3.79. The highest BCUT2D eigenvalue weighted by Gasteiger charge is 2.14. The van der Waals surface area contributed by atoms with Crippen molar-refractivity contribution in [3.8, 4) is 17.5 Å². The highest BCUT2D eigenvalue weighted by Crippen LogP contribution is 2.25. The molecule has 5 nitrogen and oxygen atoms in total. The van der Waals surface area contributed by atoms with Crippen LogP contribution in [-0.2, 0) is 11.4 Å². The molecule has 0 aliphatic heterocycles. The number of aromatic nitrogens is 1. The minimum absolute atomic E-state index is 0.0265. The first-order valence-corrected chi connectivity index (χ1v) is 11.1. The van der Waals surface area contributed by atoms with Gasteiger partial charge in [-0.15, -0.1) is 0 Å². The highest BCUT2D eigenvalue weighted by atomic mass is 19.1. The molecule has 0 atom stereocenters. The van der Waals surface area contributed by atoms with Crippen LogP contribution in [0.2, 0.25) is 0 Å². The summed E-state index contributed by atoms with van der Waals surface area (Å²) in [5, 5.41) is 12.3. The van der Waals surface area contributed by atoms with Gasteiger partial charge in [-0.05, 0) is 85.6 Å². The number of halogens is 1. The third kappa shape index (κ3) is 5.66. The predicted octanol–water partition coefficient (Wildman–Crippen LogP) is 6.36. The van der Waals surface area contributed by atoms with E-state index in [2.05, 4.69) is 9.88 Å². The fraction of sp³-hybridized carbons (Fsp3) is 0.103. The van der Waals surface area contributed by atoms with Crippen LogP contribution in [0.3, 0.4) is 0 Å². The van der Waals surface area contributed by atoms with Crippen LogP contribution >= 0.6 is 0 Å². The van der Waals surface area contributed by atoms with Crippen LogP contribution in [0.4, 0.5) is 10.1 Å². The van der Waals surface area contributed by atoms with Crippen molar-refractivity contribution in [2.75, 3.05) is 5.32 Å². The SMILES string of the molecule is Cc1cc(/C=C(/C#N)C(=O)Nc2ccccc2)c(C)n1-c1ccc(OCc2ccc(F)cc2)cc1. The molecule has 1 aromatic heterocycles. The second-order valence-corrected chi connectivity index (χ2v) is 8.06. The molecule has 1 N–H and O–H groups in total. The lowest BCUT2D eigenvalue weighted by molar-refractivity contribution is -0.112. The molecule has 0 fully saturated rings. The molecule has 0 spiro atoms. The van der Waals surface area contributed by atoms with Crippen LogP contribution in [0.5, 0.6) is 5.75 Å². The zero-order chi connectivity index (χ0) is 24.8. The van der Waals surface area contributed by atoms with Crippen LogP contribution in [0.15, 0.2) is 90.5 Å². The van der Waals surface area contributed by atoms with Crippen molar-refractivity contribution in [3.63, 3.8) is 0 Å². The molecule has 0 aliphatic rings. The van der Waals surface area contributed by atoms with Gasteiger partial charge in [0.1, 0.15) is 29.8 Å². The number of hydrogen-bond acceptors (Lipinski definition) is 3. The summed E-state index contributed by atoms with van der Waals surface area (Å²) >= 11 is 0. The van der Waals surface area contributed by atoms with E-state index in [-0.39, 0.29) is 11.4 Å². The molecule has 6 heteroatoms. The lowest BCUT2D eigenvalue weighted by Gasteiger charge is -2.12. The molecule has 0 saturated carbocycles. The van der Waals surface area contributed by atoms with Crippen LogP contribution in [0, 0.1) is 31.0 Å². The van der Waals surface area contributed by atoms with E-state index < -0.39 is 5.91 Å². The van der Waals surface area contributed by atoms with Crippen LogP contribution in [0.25, 0.3) is 11.8 Å². The Morgan fingerprint density at radius 2 is 1.71 bits per heavy atom. The van der Waals surface area contributed by atoms with Gasteiger partial charge < -0.3 is 14.6 Å². The molecule has 0 saturated heterocycles. The Bertz CT molecular complexity index is 1400. The molecule has 4 aromatic rings. The largest absolute Gasteiger partial charge is 0.489 e. The van der Waals surface area contributed by atoms with E-state index in [4.69, 9.17) is 4.74 Å². The normalized spacial score (nSPS) is 11.1. The van der Waals surface area contributed by atoms with Crippen molar-refractivity contribution in [2.45, 2.75) is 20.5 Å². The average Bonchev–Trinajstić information content (AvgIpc) is 3.15. The van der Waals surface area contributed by atoms with Crippen molar-refractivity contribution in [3.05, 3.63) is 119 Å². The molecule has 3 aromatic carbocycles. The van der Waals surface area contributed by atoms with Crippen LogP contribution in [0.1, 0.15) is 22.5 Å². The minimum atomic E-state index is -0.453. The average molecular weight is 466 g/mol. The summed E-state index contributed by atoms with van der Waals surface area (Å²) < 4.78 is 20.9. The van der Waals surface area contributed by atoms with Gasteiger partial charge in [0.2, 0.25) is 0 Å². The van der Waals surface area contributed by atoms with Crippen LogP contribution < -0.4 is 10.1 Å². The topological polar surface area (TPSA) is 67.0 Å². The number of ether oxygens (including phenoxy) is 1. The standard InChI is InChI=1S/C29H24FN3O2/c1-20-16-23(17-24(18-31)29(34)32-26-6-4-3-5-7-26)21(2)33(20)27-12-14-28(15-13-27)35-19-22-8-10-25(30)11-9-22/h3-17H,19H2,1-2H3,(H,32,34)/b24-17-. The minimum Gasteiger partial charge on any atom is -0.489 e. The molecule has 174 valence electrons. The number of nitrogens with one attached hydrogen (secondary N) is 1. The summed E-state index contributed by atoms with van der Waals surface area (Å²) in [6.07, 6.45) is 1.61. The van der Waals surface area contributed by atoms with Crippen molar-refractivity contribution >= 4 is 17.7 Å². The van der Waals surface area contributed by atoms with Gasteiger partial charge in [-0.25, -0.2) is 4.39 Å². The van der Waals surface area contributed by atoms with Gasteiger partial charge in [0.05, 0.1) is 0 Å². The second kappa shape index (κ2) is 10.5. The second-order valence-electron chi connectivity index (χ2n) is 8.06. The van der Waals surface area contributed by atoms with Crippen molar-refractivity contribution in [1.29, 1.82) is 5.26 Å². The van der Waals surface area contributed by atoms with Crippen molar-refractivity contribution in [1.82, 2.24) is 4.57 Å². The number of nitrogens with zero attached hydrogens (tertiary/aromatic N) is 2. The number of rotatable bonds is 7. The Hall–Kier alpha value is -4.63. The zero-order valence-electron chi connectivity index (χ0n) is 19.5. The van der Waals surface area contributed by atoms with Gasteiger partial charge in [-0.1, -0.05) is 30.3 Å². The summed E-state index contributed by atoms with van der Waals surface area (Å²) in [7, 11) is 0. The lowest BCUT2D eigenvalue weighted by Crippen LogP contribution is -2.13. The Kier molecular flexibility index (Phi) is 7.08. The van der Waals surface area contributed by atoms with Gasteiger partial charge in [-0.3, -0.25) is 4.79 Å². The Morgan fingerprint density at radius 1 is 1.03 bits per heavy atom. The first kappa shape index (κ1) is 23.5. The number of anilines is 1. The Labute approximate surface area is 203 Å². The van der Waals surface area contributed by atoms with E-state index in [0.717, 1.165) is 28.2 Å². The smallest absolute Gasteiger partial charge is 0.266 e. The quantitative estimate of drug-likeness (QED) is 0.255. The van der Waals surface area contributed by atoms with E-state index in [1.807, 2.05) is 68.4 Å². The maximum absolute atomic E-state index is 13.1. The van der Waals surface area contributed by atoms with E-state index in [9.17, 15) is 14.4 Å². The first-order chi connectivity index (χ1) is 16.9. The molecular formula is C29H24FN3O2. The van der Waals surface area contributed by atoms with Gasteiger partial charge in [0.25, 0.3) is 5.91 Å². The Morgan fingerprint density at radius 3 is 2.37 bits per heavy atom. The molecule has 4 rings (SSSR count). The number of aryl methyl sites for hydroxylation is 1. The third-order valence-electron chi connectivity index (χ3n) is 5.58.